The number of ether oxygens (including phenoxy) is 1. The summed E-state index contributed by atoms with van der Waals surface area (Å²) in [4.78, 5) is 16.9. The maximum atomic E-state index is 14.5. The van der Waals surface area contributed by atoms with E-state index in [-0.39, 0.29) is 12.3 Å². The summed E-state index contributed by atoms with van der Waals surface area (Å²) in [5.41, 5.74) is 0.384. The fourth-order valence-corrected chi connectivity index (χ4v) is 3.18. The summed E-state index contributed by atoms with van der Waals surface area (Å²) in [7, 11) is 0. The van der Waals surface area contributed by atoms with Gasteiger partial charge in [-0.3, -0.25) is 4.57 Å². The van der Waals surface area contributed by atoms with Crippen molar-refractivity contribution in [3.05, 3.63) is 58.8 Å². The Labute approximate surface area is 140 Å². The predicted molar refractivity (Wildman–Crippen MR) is 85.3 cm³/mol. The standard InChI is InChI=1S/C17H15F2N3O3/c18-11-3-1-10(2-4-11)13-8-22-16(20-13)12(19)7-21(17(22)24)14-5-6-25-15(14)9-23/h1-4,7-8,14-15,23H,5-6,9H2/t14-,15?/m0/s1. The molecular formula is C17H15F2N3O3. The Morgan fingerprint density at radius 2 is 2.00 bits per heavy atom. The fraction of sp³-hybridized carbons (Fsp3) is 0.294. The van der Waals surface area contributed by atoms with Crippen molar-refractivity contribution in [2.45, 2.75) is 18.6 Å². The van der Waals surface area contributed by atoms with Gasteiger partial charge in [-0.1, -0.05) is 0 Å². The zero-order chi connectivity index (χ0) is 17.6. The van der Waals surface area contributed by atoms with E-state index in [0.29, 0.717) is 24.3 Å². The van der Waals surface area contributed by atoms with Crippen LogP contribution in [0.3, 0.4) is 0 Å². The molecule has 1 aliphatic heterocycles. The van der Waals surface area contributed by atoms with E-state index in [4.69, 9.17) is 4.74 Å². The summed E-state index contributed by atoms with van der Waals surface area (Å²) >= 11 is 0. The van der Waals surface area contributed by atoms with E-state index in [1.165, 1.54) is 35.0 Å². The molecule has 8 heteroatoms. The zero-order valence-corrected chi connectivity index (χ0v) is 13.1. The summed E-state index contributed by atoms with van der Waals surface area (Å²) < 4.78 is 35.3. The minimum atomic E-state index is -0.656. The Morgan fingerprint density at radius 1 is 1.24 bits per heavy atom. The quantitative estimate of drug-likeness (QED) is 0.784. The van der Waals surface area contributed by atoms with Crippen LogP contribution in [0.2, 0.25) is 0 Å². The minimum absolute atomic E-state index is 0.0972. The molecular weight excluding hydrogens is 332 g/mol. The van der Waals surface area contributed by atoms with E-state index in [1.807, 2.05) is 0 Å². The molecule has 25 heavy (non-hydrogen) atoms. The molecule has 0 amide bonds. The number of halogens is 2. The molecule has 2 atom stereocenters. The molecule has 0 saturated carbocycles. The van der Waals surface area contributed by atoms with E-state index in [1.54, 1.807) is 0 Å². The van der Waals surface area contributed by atoms with Gasteiger partial charge in [0.25, 0.3) is 0 Å². The average molecular weight is 347 g/mol. The molecule has 1 saturated heterocycles. The van der Waals surface area contributed by atoms with E-state index in [0.717, 1.165) is 10.6 Å². The third-order valence-corrected chi connectivity index (χ3v) is 4.45. The Kier molecular flexibility index (Phi) is 3.85. The summed E-state index contributed by atoms with van der Waals surface area (Å²) in [5.74, 6) is -1.05. The van der Waals surface area contributed by atoms with Gasteiger partial charge in [0.2, 0.25) is 0 Å². The number of benzene rings is 1. The maximum Gasteiger partial charge on any atom is 0.334 e. The highest BCUT2D eigenvalue weighted by molar-refractivity contribution is 5.62. The highest BCUT2D eigenvalue weighted by Crippen LogP contribution is 2.26. The van der Waals surface area contributed by atoms with E-state index in [9.17, 15) is 18.7 Å². The minimum Gasteiger partial charge on any atom is -0.394 e. The lowest BCUT2D eigenvalue weighted by molar-refractivity contribution is 0.0410. The largest absolute Gasteiger partial charge is 0.394 e. The summed E-state index contributed by atoms with van der Waals surface area (Å²) in [5, 5.41) is 9.36. The van der Waals surface area contributed by atoms with Crippen LogP contribution in [-0.4, -0.2) is 38.4 Å². The molecule has 4 rings (SSSR count). The van der Waals surface area contributed by atoms with Crippen LogP contribution in [0.15, 0.2) is 41.5 Å². The first-order valence-corrected chi connectivity index (χ1v) is 7.86. The van der Waals surface area contributed by atoms with Crippen LogP contribution >= 0.6 is 0 Å². The second-order valence-electron chi connectivity index (χ2n) is 5.94. The van der Waals surface area contributed by atoms with Crippen molar-refractivity contribution >= 4 is 5.65 Å². The predicted octanol–water partition coefficient (Wildman–Crippen LogP) is 1.76. The smallest absolute Gasteiger partial charge is 0.334 e. The maximum absolute atomic E-state index is 14.5. The third-order valence-electron chi connectivity index (χ3n) is 4.45. The summed E-state index contributed by atoms with van der Waals surface area (Å²) in [6, 6.07) is 5.14. The highest BCUT2D eigenvalue weighted by atomic mass is 19.1. The molecule has 0 spiro atoms. The SMILES string of the molecule is O=c1n([C@H]2CCOC2CO)cc(F)c2nc(-c3ccc(F)cc3)cn12. The first-order valence-electron chi connectivity index (χ1n) is 7.86. The second-order valence-corrected chi connectivity index (χ2v) is 5.94. The lowest BCUT2D eigenvalue weighted by Crippen LogP contribution is -2.35. The molecule has 0 radical (unpaired) electrons. The number of nitrogens with zero attached hydrogens (tertiary/aromatic N) is 3. The number of aromatic nitrogens is 3. The normalized spacial score (nSPS) is 20.4. The molecule has 1 aliphatic rings. The molecule has 3 heterocycles. The van der Waals surface area contributed by atoms with Crippen molar-refractivity contribution in [1.29, 1.82) is 0 Å². The van der Waals surface area contributed by atoms with Crippen LogP contribution < -0.4 is 5.69 Å². The Balaban J connectivity index is 1.85. The van der Waals surface area contributed by atoms with Crippen LogP contribution in [0, 0.1) is 11.6 Å². The Morgan fingerprint density at radius 3 is 2.72 bits per heavy atom. The van der Waals surface area contributed by atoms with Crippen molar-refractivity contribution in [3.8, 4) is 11.3 Å². The van der Waals surface area contributed by atoms with Crippen LogP contribution in [0.25, 0.3) is 16.9 Å². The van der Waals surface area contributed by atoms with Gasteiger partial charge in [0, 0.05) is 24.6 Å². The second kappa shape index (κ2) is 6.05. The monoisotopic (exact) mass is 347 g/mol. The molecule has 1 aromatic carbocycles. The number of hydrogen-bond donors (Lipinski definition) is 1. The number of hydrogen-bond acceptors (Lipinski definition) is 4. The van der Waals surface area contributed by atoms with Crippen molar-refractivity contribution in [1.82, 2.24) is 14.0 Å². The lowest BCUT2D eigenvalue weighted by atomic mass is 10.1. The molecule has 130 valence electrons. The van der Waals surface area contributed by atoms with Gasteiger partial charge in [-0.2, -0.15) is 0 Å². The number of aliphatic hydroxyl groups is 1. The molecule has 6 nitrogen and oxygen atoms in total. The summed E-state index contributed by atoms with van der Waals surface area (Å²) in [6.45, 7) is 0.147. The van der Waals surface area contributed by atoms with Gasteiger partial charge in [-0.15, -0.1) is 0 Å². The highest BCUT2D eigenvalue weighted by Gasteiger charge is 2.31. The summed E-state index contributed by atoms with van der Waals surface area (Å²) in [6.07, 6.45) is 2.49. The van der Waals surface area contributed by atoms with Crippen LogP contribution in [0.1, 0.15) is 12.5 Å². The lowest BCUT2D eigenvalue weighted by Gasteiger charge is -2.19. The van der Waals surface area contributed by atoms with Crippen molar-refractivity contribution in [3.63, 3.8) is 0 Å². The van der Waals surface area contributed by atoms with Gasteiger partial charge in [0.1, 0.15) is 11.9 Å². The Hall–Kier alpha value is -2.58. The van der Waals surface area contributed by atoms with Crippen LogP contribution in [0.4, 0.5) is 8.78 Å². The molecule has 1 fully saturated rings. The Bertz CT molecular complexity index is 981. The molecule has 1 N–H and O–H groups in total. The third kappa shape index (κ3) is 2.63. The van der Waals surface area contributed by atoms with Gasteiger partial charge in [0.15, 0.2) is 11.5 Å². The van der Waals surface area contributed by atoms with Gasteiger partial charge < -0.3 is 9.84 Å². The van der Waals surface area contributed by atoms with Crippen LogP contribution in [-0.2, 0) is 4.74 Å². The fourth-order valence-electron chi connectivity index (χ4n) is 3.18. The van der Waals surface area contributed by atoms with E-state index in [2.05, 4.69) is 4.98 Å². The topological polar surface area (TPSA) is 68.8 Å². The van der Waals surface area contributed by atoms with Crippen molar-refractivity contribution in [2.24, 2.45) is 0 Å². The van der Waals surface area contributed by atoms with Crippen molar-refractivity contribution < 1.29 is 18.6 Å². The van der Waals surface area contributed by atoms with Gasteiger partial charge in [0.05, 0.1) is 18.3 Å². The van der Waals surface area contributed by atoms with Gasteiger partial charge in [-0.25, -0.2) is 23.0 Å². The molecule has 2 aromatic heterocycles. The number of aliphatic hydroxyl groups excluding tert-OH is 1. The number of fused-ring (bicyclic) bond motifs is 1. The van der Waals surface area contributed by atoms with E-state index >= 15 is 0 Å². The first kappa shape index (κ1) is 15.9. The molecule has 1 unspecified atom stereocenters. The van der Waals surface area contributed by atoms with Crippen molar-refractivity contribution in [2.75, 3.05) is 13.2 Å². The molecule has 0 aliphatic carbocycles. The number of rotatable bonds is 3. The van der Waals surface area contributed by atoms with Crippen LogP contribution in [0.5, 0.6) is 0 Å². The van der Waals surface area contributed by atoms with E-state index < -0.39 is 29.5 Å². The van der Waals surface area contributed by atoms with Gasteiger partial charge >= 0.3 is 5.69 Å². The average Bonchev–Trinajstić information content (AvgIpc) is 3.26. The first-order chi connectivity index (χ1) is 12.1. The molecule has 0 bridgehead atoms. The zero-order valence-electron chi connectivity index (χ0n) is 13.1. The van der Waals surface area contributed by atoms with Gasteiger partial charge in [-0.05, 0) is 30.7 Å². The molecule has 3 aromatic rings. The number of imidazole rings is 1.